The van der Waals surface area contributed by atoms with Gasteiger partial charge in [0.1, 0.15) is 0 Å². The van der Waals surface area contributed by atoms with Crippen LogP contribution in [-0.2, 0) is 0 Å². The summed E-state index contributed by atoms with van der Waals surface area (Å²) >= 11 is 0. The highest BCUT2D eigenvalue weighted by molar-refractivity contribution is 8.34. The molecule has 1 aliphatic heterocycles. The first kappa shape index (κ1) is 28.4. The van der Waals surface area contributed by atoms with E-state index in [4.69, 9.17) is 0 Å². The van der Waals surface area contributed by atoms with E-state index in [0.29, 0.717) is 0 Å². The molecule has 0 spiro atoms. The molecular formula is C46H33NS. The molecule has 0 bridgehead atoms. The zero-order chi connectivity index (χ0) is 31.9. The van der Waals surface area contributed by atoms with Crippen LogP contribution in [0.2, 0.25) is 0 Å². The number of fused-ring (bicyclic) bond motifs is 4. The Labute approximate surface area is 283 Å². The minimum Gasteiger partial charge on any atom is -0.355 e. The zero-order valence-corrected chi connectivity index (χ0v) is 27.2. The highest BCUT2D eigenvalue weighted by Gasteiger charge is 2.42. The Kier molecular flexibility index (Phi) is 6.96. The summed E-state index contributed by atoms with van der Waals surface area (Å²) in [6, 6.07) is 70.8. The van der Waals surface area contributed by atoms with Crippen molar-refractivity contribution in [2.24, 2.45) is 0 Å². The van der Waals surface area contributed by atoms with Crippen LogP contribution in [0.15, 0.2) is 214 Å². The number of rotatable bonds is 6. The normalized spacial score (nSPS) is 13.4. The largest absolute Gasteiger partial charge is 0.355 e. The summed E-state index contributed by atoms with van der Waals surface area (Å²) in [6.07, 6.45) is 0. The van der Waals surface area contributed by atoms with Crippen LogP contribution in [0.25, 0.3) is 44.2 Å². The van der Waals surface area contributed by atoms with Gasteiger partial charge in [-0.2, -0.15) is 0 Å². The maximum Gasteiger partial charge on any atom is 0.0475 e. The highest BCUT2D eigenvalue weighted by atomic mass is 32.3. The molecule has 48 heavy (non-hydrogen) atoms. The lowest BCUT2D eigenvalue weighted by molar-refractivity contribution is 1.29. The van der Waals surface area contributed by atoms with Crippen molar-refractivity contribution in [3.8, 4) is 33.4 Å². The molecule has 1 nitrogen and oxygen atoms in total. The van der Waals surface area contributed by atoms with E-state index in [1.165, 1.54) is 63.7 Å². The van der Waals surface area contributed by atoms with E-state index in [9.17, 15) is 0 Å². The Morgan fingerprint density at radius 3 is 1.50 bits per heavy atom. The molecule has 0 amide bonds. The zero-order valence-electron chi connectivity index (χ0n) is 26.4. The number of nitrogens with one attached hydrogen (secondary N) is 1. The summed E-state index contributed by atoms with van der Waals surface area (Å²) in [5.41, 5.74) is 9.73. The third-order valence-corrected chi connectivity index (χ3v) is 13.5. The van der Waals surface area contributed by atoms with E-state index in [1.54, 1.807) is 0 Å². The number of anilines is 2. The molecule has 228 valence electrons. The minimum atomic E-state index is -1.68. The molecule has 0 atom stereocenters. The standard InChI is InChI=1S/C46H33NS/c1-4-15-33(16-5-1)39-24-12-17-35-18-13-25-40(45(35)39)34-29-31-36(32-30-34)47-42-26-14-28-44-46(42)41-23-10-11-27-43(41)48(44,37-19-6-2-7-20-37)38-21-8-3-9-22-38/h1-32,47H. The highest BCUT2D eigenvalue weighted by Crippen LogP contribution is 2.80. The Morgan fingerprint density at radius 2 is 0.854 bits per heavy atom. The molecule has 2 heteroatoms. The van der Waals surface area contributed by atoms with Gasteiger partial charge >= 0.3 is 0 Å². The molecule has 0 aromatic heterocycles. The van der Waals surface area contributed by atoms with Crippen molar-refractivity contribution in [1.29, 1.82) is 0 Å². The molecule has 0 saturated heterocycles. The van der Waals surface area contributed by atoms with Gasteiger partial charge in [-0.05, 0) is 93.2 Å². The van der Waals surface area contributed by atoms with Crippen LogP contribution < -0.4 is 5.32 Å². The van der Waals surface area contributed by atoms with Crippen molar-refractivity contribution < 1.29 is 0 Å². The molecule has 8 aromatic rings. The first-order valence-electron chi connectivity index (χ1n) is 16.4. The quantitative estimate of drug-likeness (QED) is 0.193. The van der Waals surface area contributed by atoms with Crippen LogP contribution >= 0.6 is 10.0 Å². The summed E-state index contributed by atoms with van der Waals surface area (Å²) in [5.74, 6) is 0. The number of benzene rings is 8. The van der Waals surface area contributed by atoms with Crippen LogP contribution in [0, 0.1) is 0 Å². The third kappa shape index (κ3) is 4.49. The van der Waals surface area contributed by atoms with E-state index < -0.39 is 10.0 Å². The molecule has 0 fully saturated rings. The van der Waals surface area contributed by atoms with E-state index >= 15 is 0 Å². The second-order valence-corrected chi connectivity index (χ2v) is 15.2. The van der Waals surface area contributed by atoms with Crippen LogP contribution in [-0.4, -0.2) is 0 Å². The lowest BCUT2D eigenvalue weighted by Crippen LogP contribution is -2.02. The molecule has 0 radical (unpaired) electrons. The predicted octanol–water partition coefficient (Wildman–Crippen LogP) is 13.2. The predicted molar refractivity (Wildman–Crippen MR) is 204 cm³/mol. The minimum absolute atomic E-state index is 1.07. The van der Waals surface area contributed by atoms with Gasteiger partial charge in [-0.25, -0.2) is 0 Å². The molecular weight excluding hydrogens is 599 g/mol. The molecule has 1 N–H and O–H groups in total. The van der Waals surface area contributed by atoms with Gasteiger partial charge in [-0.1, -0.05) is 140 Å². The summed E-state index contributed by atoms with van der Waals surface area (Å²) in [6.45, 7) is 0. The average molecular weight is 632 g/mol. The van der Waals surface area contributed by atoms with Gasteiger partial charge < -0.3 is 5.32 Å². The van der Waals surface area contributed by atoms with Crippen molar-refractivity contribution >= 4 is 32.2 Å². The summed E-state index contributed by atoms with van der Waals surface area (Å²) in [7, 11) is -1.68. The monoisotopic (exact) mass is 631 g/mol. The Morgan fingerprint density at radius 1 is 0.354 bits per heavy atom. The number of hydrogen-bond acceptors (Lipinski definition) is 1. The van der Waals surface area contributed by atoms with Crippen molar-refractivity contribution in [3.05, 3.63) is 194 Å². The fourth-order valence-electron chi connectivity index (χ4n) is 7.45. The van der Waals surface area contributed by atoms with Crippen molar-refractivity contribution in [1.82, 2.24) is 0 Å². The molecule has 8 aromatic carbocycles. The summed E-state index contributed by atoms with van der Waals surface area (Å²) in [5, 5.41) is 6.38. The lowest BCUT2D eigenvalue weighted by atomic mass is 9.91. The molecule has 0 unspecified atom stereocenters. The molecule has 1 heterocycles. The van der Waals surface area contributed by atoms with E-state index in [-0.39, 0.29) is 0 Å². The van der Waals surface area contributed by atoms with Crippen molar-refractivity contribution in [2.45, 2.75) is 19.6 Å². The van der Waals surface area contributed by atoms with Gasteiger partial charge in [0.15, 0.2) is 0 Å². The van der Waals surface area contributed by atoms with Crippen molar-refractivity contribution in [3.63, 3.8) is 0 Å². The fourth-order valence-corrected chi connectivity index (χ4v) is 11.7. The second-order valence-electron chi connectivity index (χ2n) is 12.2. The Bertz CT molecular complexity index is 2350. The summed E-state index contributed by atoms with van der Waals surface area (Å²) in [4.78, 5) is 5.49. The summed E-state index contributed by atoms with van der Waals surface area (Å²) < 4.78 is 0. The fraction of sp³-hybridized carbons (Fsp3) is 0. The van der Waals surface area contributed by atoms with E-state index in [1.807, 2.05) is 0 Å². The molecule has 0 aliphatic carbocycles. The molecule has 9 rings (SSSR count). The van der Waals surface area contributed by atoms with Crippen LogP contribution in [0.4, 0.5) is 11.4 Å². The van der Waals surface area contributed by atoms with Crippen LogP contribution in [0.5, 0.6) is 0 Å². The molecule has 0 saturated carbocycles. The van der Waals surface area contributed by atoms with E-state index in [2.05, 4.69) is 199 Å². The smallest absolute Gasteiger partial charge is 0.0475 e. The van der Waals surface area contributed by atoms with Gasteiger partial charge in [-0.15, -0.1) is 10.0 Å². The third-order valence-electron chi connectivity index (χ3n) is 9.50. The molecule has 1 aliphatic rings. The van der Waals surface area contributed by atoms with Crippen molar-refractivity contribution in [2.75, 3.05) is 5.32 Å². The maximum atomic E-state index is 3.85. The van der Waals surface area contributed by atoms with Gasteiger partial charge in [0.25, 0.3) is 0 Å². The lowest BCUT2D eigenvalue weighted by Gasteiger charge is -2.39. The Balaban J connectivity index is 1.15. The second kappa shape index (κ2) is 11.8. The maximum absolute atomic E-state index is 3.85. The topological polar surface area (TPSA) is 12.0 Å². The van der Waals surface area contributed by atoms with Gasteiger partial charge in [0, 0.05) is 36.5 Å². The van der Waals surface area contributed by atoms with Gasteiger partial charge in [0.05, 0.1) is 0 Å². The van der Waals surface area contributed by atoms with E-state index in [0.717, 1.165) is 11.4 Å². The number of hydrogen-bond donors (Lipinski definition) is 1. The van der Waals surface area contributed by atoms with Crippen LogP contribution in [0.1, 0.15) is 0 Å². The van der Waals surface area contributed by atoms with Gasteiger partial charge in [0.2, 0.25) is 0 Å². The SMILES string of the molecule is c1ccc(-c2cccc3cccc(-c4ccc(Nc5cccc6c5-c5ccccc5S6(c5ccccc5)c5ccccc5)cc4)c23)cc1. The van der Waals surface area contributed by atoms with Gasteiger partial charge in [-0.3, -0.25) is 0 Å². The average Bonchev–Trinajstić information content (AvgIpc) is 3.48. The Hall–Kier alpha value is -5.83. The first-order valence-corrected chi connectivity index (χ1v) is 18.1. The van der Waals surface area contributed by atoms with Crippen LogP contribution in [0.3, 0.4) is 0 Å². The first-order chi connectivity index (χ1) is 23.8.